The molecule has 0 aromatic rings. The first kappa shape index (κ1) is 16.8. The molecule has 0 bridgehead atoms. The molecule has 4 heteroatoms. The van der Waals surface area contributed by atoms with E-state index in [0.717, 1.165) is 31.0 Å². The van der Waals surface area contributed by atoms with Crippen LogP contribution in [0.25, 0.3) is 0 Å². The molecule has 1 atom stereocenters. The summed E-state index contributed by atoms with van der Waals surface area (Å²) in [6.45, 7) is 6.87. The van der Waals surface area contributed by atoms with Crippen molar-refractivity contribution < 1.29 is 9.53 Å². The molecule has 3 nitrogen and oxygen atoms in total. The second-order valence-electron chi connectivity index (χ2n) is 5.10. The van der Waals surface area contributed by atoms with Crippen molar-refractivity contribution in [2.45, 2.75) is 58.4 Å². The molecular formula is C15H29NO2S. The van der Waals surface area contributed by atoms with E-state index in [1.54, 1.807) is 0 Å². The van der Waals surface area contributed by atoms with Crippen molar-refractivity contribution in [1.82, 2.24) is 4.90 Å². The van der Waals surface area contributed by atoms with Crippen molar-refractivity contribution in [3.8, 4) is 0 Å². The fourth-order valence-electron chi connectivity index (χ4n) is 2.65. The van der Waals surface area contributed by atoms with Crippen LogP contribution in [0.3, 0.4) is 0 Å². The van der Waals surface area contributed by atoms with Crippen molar-refractivity contribution in [1.29, 1.82) is 0 Å². The molecule has 0 amide bonds. The van der Waals surface area contributed by atoms with Crippen LogP contribution in [-0.4, -0.2) is 48.1 Å². The number of carbonyl (C=O) groups excluding carboxylic acids is 1. The third-order valence-corrected chi connectivity index (χ3v) is 4.60. The smallest absolute Gasteiger partial charge is 0.307 e. The van der Waals surface area contributed by atoms with Gasteiger partial charge in [-0.1, -0.05) is 19.8 Å². The van der Waals surface area contributed by atoms with Crippen molar-refractivity contribution in [2.75, 3.05) is 31.2 Å². The summed E-state index contributed by atoms with van der Waals surface area (Å²) < 4.78 is 5.13. The van der Waals surface area contributed by atoms with Gasteiger partial charge in [0.1, 0.15) is 0 Å². The molecule has 0 N–H and O–H groups in total. The fourth-order valence-corrected chi connectivity index (χ4v) is 3.38. The molecule has 0 radical (unpaired) electrons. The lowest BCUT2D eigenvalue weighted by atomic mass is 10.1. The fraction of sp³-hybridized carbons (Fsp3) is 0.933. The summed E-state index contributed by atoms with van der Waals surface area (Å²) in [5.74, 6) is 2.28. The van der Waals surface area contributed by atoms with Gasteiger partial charge in [-0.05, 0) is 50.8 Å². The Balaban J connectivity index is 2.47. The molecule has 19 heavy (non-hydrogen) atoms. The zero-order chi connectivity index (χ0) is 13.9. The summed E-state index contributed by atoms with van der Waals surface area (Å²) >= 11 is 1.97. The van der Waals surface area contributed by atoms with E-state index < -0.39 is 0 Å². The van der Waals surface area contributed by atoms with Crippen LogP contribution in [0, 0.1) is 0 Å². The zero-order valence-corrected chi connectivity index (χ0v) is 13.3. The molecule has 1 fully saturated rings. The minimum atomic E-state index is -0.0294. The lowest BCUT2D eigenvalue weighted by molar-refractivity contribution is -0.144. The zero-order valence-electron chi connectivity index (χ0n) is 12.5. The Hall–Kier alpha value is -0.220. The third kappa shape index (κ3) is 7.21. The molecule has 0 aromatic carbocycles. The van der Waals surface area contributed by atoms with Crippen molar-refractivity contribution in [3.63, 3.8) is 0 Å². The number of hydrogen-bond acceptors (Lipinski definition) is 4. The SMILES string of the molecule is CCOC(=O)CC(CCSCC)N1CCCCCC1. The summed E-state index contributed by atoms with van der Waals surface area (Å²) in [5, 5.41) is 0. The highest BCUT2D eigenvalue weighted by Crippen LogP contribution is 2.19. The first-order chi connectivity index (χ1) is 9.27. The lowest BCUT2D eigenvalue weighted by Crippen LogP contribution is -2.38. The highest BCUT2D eigenvalue weighted by molar-refractivity contribution is 7.99. The number of ether oxygens (including phenoxy) is 1. The molecule has 1 heterocycles. The molecule has 1 aliphatic heterocycles. The van der Waals surface area contributed by atoms with Gasteiger partial charge in [0.05, 0.1) is 13.0 Å². The van der Waals surface area contributed by atoms with Gasteiger partial charge >= 0.3 is 5.97 Å². The maximum Gasteiger partial charge on any atom is 0.307 e. The van der Waals surface area contributed by atoms with Gasteiger partial charge in [0.15, 0.2) is 0 Å². The monoisotopic (exact) mass is 287 g/mol. The van der Waals surface area contributed by atoms with Crippen LogP contribution in [0.5, 0.6) is 0 Å². The molecular weight excluding hydrogens is 258 g/mol. The molecule has 1 saturated heterocycles. The molecule has 1 rings (SSSR count). The van der Waals surface area contributed by atoms with E-state index in [1.807, 2.05) is 18.7 Å². The second kappa shape index (κ2) is 10.6. The molecule has 0 aromatic heterocycles. The van der Waals surface area contributed by atoms with Crippen LogP contribution >= 0.6 is 11.8 Å². The standard InChI is InChI=1S/C15H29NO2S/c1-3-18-15(17)13-14(9-12-19-4-2)16-10-7-5-6-8-11-16/h14H,3-13H2,1-2H3. The van der Waals surface area contributed by atoms with E-state index in [4.69, 9.17) is 4.74 Å². The van der Waals surface area contributed by atoms with Crippen LogP contribution in [0.4, 0.5) is 0 Å². The van der Waals surface area contributed by atoms with Crippen molar-refractivity contribution in [2.24, 2.45) is 0 Å². The normalized spacial score (nSPS) is 18.8. The summed E-state index contributed by atoms with van der Waals surface area (Å²) in [5.41, 5.74) is 0. The van der Waals surface area contributed by atoms with Crippen LogP contribution in [0.1, 0.15) is 52.4 Å². The van der Waals surface area contributed by atoms with Gasteiger partial charge in [0, 0.05) is 6.04 Å². The maximum atomic E-state index is 11.8. The van der Waals surface area contributed by atoms with Crippen LogP contribution in [0.2, 0.25) is 0 Å². The predicted octanol–water partition coefficient (Wildman–Crippen LogP) is 3.33. The summed E-state index contributed by atoms with van der Waals surface area (Å²) in [7, 11) is 0. The Morgan fingerprint density at radius 2 is 1.89 bits per heavy atom. The summed E-state index contributed by atoms with van der Waals surface area (Å²) in [6, 6.07) is 0.385. The Morgan fingerprint density at radius 1 is 1.21 bits per heavy atom. The van der Waals surface area contributed by atoms with Gasteiger partial charge in [-0.15, -0.1) is 0 Å². The van der Waals surface area contributed by atoms with Crippen LogP contribution in [0.15, 0.2) is 0 Å². The second-order valence-corrected chi connectivity index (χ2v) is 6.49. The minimum absolute atomic E-state index is 0.0294. The maximum absolute atomic E-state index is 11.8. The quantitative estimate of drug-likeness (QED) is 0.506. The van der Waals surface area contributed by atoms with Gasteiger partial charge in [-0.2, -0.15) is 11.8 Å². The number of rotatable bonds is 8. The molecule has 0 saturated carbocycles. The Bertz CT molecular complexity index is 240. The molecule has 0 aliphatic carbocycles. The Kier molecular flexibility index (Phi) is 9.35. The van der Waals surface area contributed by atoms with E-state index in [-0.39, 0.29) is 5.97 Å². The number of nitrogens with zero attached hydrogens (tertiary/aromatic N) is 1. The number of thioether (sulfide) groups is 1. The lowest BCUT2D eigenvalue weighted by Gasteiger charge is -2.30. The predicted molar refractivity (Wildman–Crippen MR) is 82.7 cm³/mol. The van der Waals surface area contributed by atoms with Gasteiger partial charge in [0.25, 0.3) is 0 Å². The summed E-state index contributed by atoms with van der Waals surface area (Å²) in [4.78, 5) is 14.3. The number of carbonyl (C=O) groups is 1. The largest absolute Gasteiger partial charge is 0.466 e. The van der Waals surface area contributed by atoms with E-state index in [1.165, 1.54) is 25.7 Å². The average molecular weight is 287 g/mol. The number of hydrogen-bond donors (Lipinski definition) is 0. The topological polar surface area (TPSA) is 29.5 Å². The molecule has 1 aliphatic rings. The Labute approximate surface area is 122 Å². The van der Waals surface area contributed by atoms with Gasteiger partial charge in [-0.3, -0.25) is 9.69 Å². The first-order valence-corrected chi connectivity index (χ1v) is 8.90. The van der Waals surface area contributed by atoms with Crippen molar-refractivity contribution >= 4 is 17.7 Å². The summed E-state index contributed by atoms with van der Waals surface area (Å²) in [6.07, 6.45) is 6.91. The molecule has 1 unspecified atom stereocenters. The van der Waals surface area contributed by atoms with Crippen LogP contribution < -0.4 is 0 Å². The number of likely N-dealkylation sites (tertiary alicyclic amines) is 1. The molecule has 0 spiro atoms. The van der Waals surface area contributed by atoms with E-state index in [9.17, 15) is 4.79 Å². The highest BCUT2D eigenvalue weighted by atomic mass is 32.2. The third-order valence-electron chi connectivity index (χ3n) is 3.66. The van der Waals surface area contributed by atoms with Gasteiger partial charge in [-0.25, -0.2) is 0 Å². The van der Waals surface area contributed by atoms with E-state index >= 15 is 0 Å². The highest BCUT2D eigenvalue weighted by Gasteiger charge is 2.22. The van der Waals surface area contributed by atoms with E-state index in [0.29, 0.717) is 19.1 Å². The van der Waals surface area contributed by atoms with Crippen LogP contribution in [-0.2, 0) is 9.53 Å². The number of esters is 1. The minimum Gasteiger partial charge on any atom is -0.466 e. The Morgan fingerprint density at radius 3 is 2.47 bits per heavy atom. The van der Waals surface area contributed by atoms with E-state index in [2.05, 4.69) is 11.8 Å². The average Bonchev–Trinajstić information content (AvgIpc) is 2.67. The van der Waals surface area contributed by atoms with Gasteiger partial charge < -0.3 is 4.74 Å². The first-order valence-electron chi connectivity index (χ1n) is 7.75. The van der Waals surface area contributed by atoms with Crippen molar-refractivity contribution in [3.05, 3.63) is 0 Å². The molecule has 112 valence electrons. The van der Waals surface area contributed by atoms with Gasteiger partial charge in [0.2, 0.25) is 0 Å².